The van der Waals surface area contributed by atoms with Crippen LogP contribution in [-0.2, 0) is 12.3 Å². The molecule has 21 heavy (non-hydrogen) atoms. The van der Waals surface area contributed by atoms with E-state index in [1.807, 2.05) is 23.9 Å². The molecule has 1 N–H and O–H groups in total. The van der Waals surface area contributed by atoms with Crippen molar-refractivity contribution >= 4 is 23.4 Å². The van der Waals surface area contributed by atoms with E-state index in [0.29, 0.717) is 6.04 Å². The van der Waals surface area contributed by atoms with E-state index in [4.69, 9.17) is 11.6 Å². The lowest BCUT2D eigenvalue weighted by atomic mass is 10.1. The Balaban J connectivity index is 2.06. The predicted octanol–water partition coefficient (Wildman–Crippen LogP) is 5.44. The molecule has 112 valence electrons. The number of benzene rings is 2. The Bertz CT molecular complexity index is 578. The zero-order valence-electron chi connectivity index (χ0n) is 12.8. The number of aryl methyl sites for hydroxylation is 1. The molecule has 0 saturated heterocycles. The van der Waals surface area contributed by atoms with Gasteiger partial charge < -0.3 is 5.32 Å². The van der Waals surface area contributed by atoms with Crippen LogP contribution in [0.4, 0.5) is 0 Å². The highest BCUT2D eigenvalue weighted by molar-refractivity contribution is 7.98. The minimum atomic E-state index is 0.500. The summed E-state index contributed by atoms with van der Waals surface area (Å²) in [6, 6.07) is 15.3. The number of nitrogens with one attached hydrogen (secondary N) is 1. The minimum Gasteiger partial charge on any atom is -0.310 e. The molecule has 0 aliphatic rings. The van der Waals surface area contributed by atoms with Crippen molar-refractivity contribution in [3.63, 3.8) is 0 Å². The van der Waals surface area contributed by atoms with Crippen molar-refractivity contribution in [3.8, 4) is 0 Å². The summed E-state index contributed by atoms with van der Waals surface area (Å²) >= 11 is 7.81. The molecule has 0 bridgehead atoms. The molecule has 0 radical (unpaired) electrons. The third kappa shape index (κ3) is 5.39. The molecule has 0 atom stereocenters. The van der Waals surface area contributed by atoms with Crippen LogP contribution >= 0.6 is 23.4 Å². The summed E-state index contributed by atoms with van der Waals surface area (Å²) in [5.41, 5.74) is 3.99. The first-order valence-electron chi connectivity index (χ1n) is 7.25. The highest BCUT2D eigenvalue weighted by atomic mass is 35.5. The van der Waals surface area contributed by atoms with Gasteiger partial charge in [0.15, 0.2) is 0 Å². The SMILES string of the molecule is Cc1ccc(SCc2ccc(Cl)cc2)c(CNC(C)C)c1. The van der Waals surface area contributed by atoms with Crippen LogP contribution < -0.4 is 5.32 Å². The zero-order chi connectivity index (χ0) is 15.2. The molecule has 0 aromatic heterocycles. The molecule has 0 unspecified atom stereocenters. The predicted molar refractivity (Wildman–Crippen MR) is 94.2 cm³/mol. The summed E-state index contributed by atoms with van der Waals surface area (Å²) in [7, 11) is 0. The van der Waals surface area contributed by atoms with E-state index >= 15 is 0 Å². The van der Waals surface area contributed by atoms with E-state index in [2.05, 4.69) is 56.4 Å². The third-order valence-corrected chi connectivity index (χ3v) is 4.66. The van der Waals surface area contributed by atoms with Gasteiger partial charge in [-0.1, -0.05) is 55.3 Å². The molecular formula is C18H22ClNS. The Labute approximate surface area is 137 Å². The largest absolute Gasteiger partial charge is 0.310 e. The molecule has 1 nitrogen and oxygen atoms in total. The van der Waals surface area contributed by atoms with Crippen LogP contribution in [-0.4, -0.2) is 6.04 Å². The van der Waals surface area contributed by atoms with E-state index in [9.17, 15) is 0 Å². The van der Waals surface area contributed by atoms with Crippen LogP contribution in [0.15, 0.2) is 47.4 Å². The molecule has 0 spiro atoms. The van der Waals surface area contributed by atoms with Gasteiger partial charge in [-0.15, -0.1) is 11.8 Å². The van der Waals surface area contributed by atoms with Crippen molar-refractivity contribution in [1.82, 2.24) is 5.32 Å². The van der Waals surface area contributed by atoms with Gasteiger partial charge in [0, 0.05) is 28.3 Å². The number of hydrogen-bond acceptors (Lipinski definition) is 2. The van der Waals surface area contributed by atoms with Crippen LogP contribution in [0.3, 0.4) is 0 Å². The van der Waals surface area contributed by atoms with Gasteiger partial charge in [0.1, 0.15) is 0 Å². The summed E-state index contributed by atoms with van der Waals surface area (Å²) in [5, 5.41) is 4.30. The first-order valence-corrected chi connectivity index (χ1v) is 8.61. The fourth-order valence-electron chi connectivity index (χ4n) is 2.04. The van der Waals surface area contributed by atoms with Crippen molar-refractivity contribution in [1.29, 1.82) is 0 Å². The van der Waals surface area contributed by atoms with Gasteiger partial charge in [-0.3, -0.25) is 0 Å². The second-order valence-corrected chi connectivity index (χ2v) is 7.02. The van der Waals surface area contributed by atoms with Gasteiger partial charge in [0.05, 0.1) is 0 Å². The number of thioether (sulfide) groups is 1. The lowest BCUT2D eigenvalue weighted by molar-refractivity contribution is 0.584. The highest BCUT2D eigenvalue weighted by Crippen LogP contribution is 2.27. The standard InChI is InChI=1S/C18H22ClNS/c1-13(2)20-11-16-10-14(3)4-9-18(16)21-12-15-5-7-17(19)8-6-15/h4-10,13,20H,11-12H2,1-3H3. The summed E-state index contributed by atoms with van der Waals surface area (Å²) in [6.07, 6.45) is 0. The fraction of sp³-hybridized carbons (Fsp3) is 0.333. The lowest BCUT2D eigenvalue weighted by Gasteiger charge is -2.13. The number of halogens is 1. The molecule has 2 rings (SSSR count). The monoisotopic (exact) mass is 319 g/mol. The van der Waals surface area contributed by atoms with Gasteiger partial charge in [0.2, 0.25) is 0 Å². The topological polar surface area (TPSA) is 12.0 Å². The van der Waals surface area contributed by atoms with Crippen LogP contribution in [0.5, 0.6) is 0 Å². The second kappa shape index (κ2) is 7.88. The normalized spacial score (nSPS) is 11.1. The van der Waals surface area contributed by atoms with E-state index in [1.165, 1.54) is 21.6 Å². The Hall–Kier alpha value is -0.960. The molecule has 0 amide bonds. The Morgan fingerprint density at radius 1 is 1.10 bits per heavy atom. The molecular weight excluding hydrogens is 298 g/mol. The molecule has 3 heteroatoms. The van der Waals surface area contributed by atoms with Crippen molar-refractivity contribution in [3.05, 3.63) is 64.2 Å². The molecule has 0 heterocycles. The third-order valence-electron chi connectivity index (χ3n) is 3.22. The van der Waals surface area contributed by atoms with E-state index in [-0.39, 0.29) is 0 Å². The quantitative estimate of drug-likeness (QED) is 0.712. The van der Waals surface area contributed by atoms with E-state index in [1.54, 1.807) is 0 Å². The maximum atomic E-state index is 5.93. The number of hydrogen-bond donors (Lipinski definition) is 1. The van der Waals surface area contributed by atoms with Crippen LogP contribution in [0.1, 0.15) is 30.5 Å². The first kappa shape index (κ1) is 16.4. The Morgan fingerprint density at radius 3 is 2.48 bits per heavy atom. The van der Waals surface area contributed by atoms with Gasteiger partial charge >= 0.3 is 0 Å². The maximum Gasteiger partial charge on any atom is 0.0406 e. The Kier molecular flexibility index (Phi) is 6.16. The average molecular weight is 320 g/mol. The van der Waals surface area contributed by atoms with Crippen molar-refractivity contribution in [2.24, 2.45) is 0 Å². The molecule has 2 aromatic rings. The van der Waals surface area contributed by atoms with Crippen LogP contribution in [0.25, 0.3) is 0 Å². The van der Waals surface area contributed by atoms with Crippen molar-refractivity contribution in [2.45, 2.75) is 44.0 Å². The molecule has 0 saturated carbocycles. The van der Waals surface area contributed by atoms with Gasteiger partial charge in [-0.25, -0.2) is 0 Å². The number of rotatable bonds is 6. The van der Waals surface area contributed by atoms with Gasteiger partial charge in [-0.05, 0) is 36.2 Å². The van der Waals surface area contributed by atoms with Crippen LogP contribution in [0.2, 0.25) is 5.02 Å². The molecule has 0 aliphatic heterocycles. The molecule has 0 aliphatic carbocycles. The van der Waals surface area contributed by atoms with Crippen molar-refractivity contribution < 1.29 is 0 Å². The molecule has 0 fully saturated rings. The fourth-order valence-corrected chi connectivity index (χ4v) is 3.16. The van der Waals surface area contributed by atoms with Gasteiger partial charge in [-0.2, -0.15) is 0 Å². The average Bonchev–Trinajstić information content (AvgIpc) is 2.45. The van der Waals surface area contributed by atoms with E-state index in [0.717, 1.165) is 17.3 Å². The first-order chi connectivity index (χ1) is 10.0. The zero-order valence-corrected chi connectivity index (χ0v) is 14.4. The lowest BCUT2D eigenvalue weighted by Crippen LogP contribution is -2.22. The molecule has 2 aromatic carbocycles. The van der Waals surface area contributed by atoms with Gasteiger partial charge in [0.25, 0.3) is 0 Å². The van der Waals surface area contributed by atoms with E-state index < -0.39 is 0 Å². The second-order valence-electron chi connectivity index (χ2n) is 5.56. The maximum absolute atomic E-state index is 5.93. The minimum absolute atomic E-state index is 0.500. The summed E-state index contributed by atoms with van der Waals surface area (Å²) in [4.78, 5) is 1.35. The summed E-state index contributed by atoms with van der Waals surface area (Å²) in [6.45, 7) is 7.42. The smallest absolute Gasteiger partial charge is 0.0406 e. The Morgan fingerprint density at radius 2 is 1.81 bits per heavy atom. The highest BCUT2D eigenvalue weighted by Gasteiger charge is 2.05. The van der Waals surface area contributed by atoms with Crippen molar-refractivity contribution in [2.75, 3.05) is 0 Å². The summed E-state index contributed by atoms with van der Waals surface area (Å²) in [5.74, 6) is 0.967. The summed E-state index contributed by atoms with van der Waals surface area (Å²) < 4.78 is 0. The van der Waals surface area contributed by atoms with Crippen LogP contribution in [0, 0.1) is 6.92 Å².